The standard InChI is InChI=1S/C24H25ClFNO6/c1-3-24(32,15-8-10-27(11-9-15)23(30)31)16-12-18(22(29)33-2)20(19(26)13-16)21(28)14-4-6-17(25)7-5-14/h4-7,12-13,15,32H,3,8-11H2,1-2H3,(H,30,31)/t24-/m0/s1. The van der Waals surface area contributed by atoms with E-state index < -0.39 is 34.8 Å². The van der Waals surface area contributed by atoms with Gasteiger partial charge in [0.1, 0.15) is 5.82 Å². The van der Waals surface area contributed by atoms with Crippen LogP contribution in [0.5, 0.6) is 0 Å². The van der Waals surface area contributed by atoms with Crippen molar-refractivity contribution in [3.8, 4) is 0 Å². The van der Waals surface area contributed by atoms with E-state index in [-0.39, 0.29) is 42.1 Å². The van der Waals surface area contributed by atoms with Gasteiger partial charge >= 0.3 is 12.1 Å². The number of ketones is 1. The predicted molar refractivity (Wildman–Crippen MR) is 119 cm³/mol. The van der Waals surface area contributed by atoms with Crippen LogP contribution < -0.4 is 0 Å². The highest BCUT2D eigenvalue weighted by Gasteiger charge is 2.41. The van der Waals surface area contributed by atoms with Gasteiger partial charge in [-0.15, -0.1) is 0 Å². The number of likely N-dealkylation sites (tertiary alicyclic amines) is 1. The van der Waals surface area contributed by atoms with Gasteiger partial charge in [0.25, 0.3) is 0 Å². The van der Waals surface area contributed by atoms with Crippen LogP contribution >= 0.6 is 11.6 Å². The summed E-state index contributed by atoms with van der Waals surface area (Å²) < 4.78 is 20.2. The van der Waals surface area contributed by atoms with E-state index in [1.807, 2.05) is 0 Å². The van der Waals surface area contributed by atoms with Gasteiger partial charge in [-0.05, 0) is 67.1 Å². The Morgan fingerprint density at radius 1 is 1.18 bits per heavy atom. The molecule has 1 atom stereocenters. The van der Waals surface area contributed by atoms with Crippen molar-refractivity contribution < 1.29 is 33.7 Å². The molecule has 7 nitrogen and oxygen atoms in total. The van der Waals surface area contributed by atoms with E-state index in [9.17, 15) is 24.6 Å². The summed E-state index contributed by atoms with van der Waals surface area (Å²) in [6, 6.07) is 8.19. The first-order chi connectivity index (χ1) is 15.6. The Morgan fingerprint density at radius 2 is 1.79 bits per heavy atom. The van der Waals surface area contributed by atoms with E-state index >= 15 is 4.39 Å². The number of carbonyl (C=O) groups excluding carboxylic acids is 2. The fourth-order valence-corrected chi connectivity index (χ4v) is 4.51. The lowest BCUT2D eigenvalue weighted by Crippen LogP contribution is -2.45. The Bertz CT molecular complexity index is 1070. The maximum Gasteiger partial charge on any atom is 0.407 e. The van der Waals surface area contributed by atoms with Crippen LogP contribution in [0.3, 0.4) is 0 Å². The third-order valence-corrected chi connectivity index (χ3v) is 6.56. The molecular weight excluding hydrogens is 453 g/mol. The third kappa shape index (κ3) is 4.86. The molecule has 0 aromatic heterocycles. The lowest BCUT2D eigenvalue weighted by atomic mass is 9.73. The van der Waals surface area contributed by atoms with Crippen molar-refractivity contribution in [3.05, 3.63) is 69.5 Å². The number of carbonyl (C=O) groups is 3. The second kappa shape index (κ2) is 9.89. The van der Waals surface area contributed by atoms with E-state index in [1.54, 1.807) is 6.92 Å². The molecule has 0 aliphatic carbocycles. The molecule has 9 heteroatoms. The normalized spacial score (nSPS) is 16.2. The van der Waals surface area contributed by atoms with E-state index in [1.165, 1.54) is 35.2 Å². The number of hydrogen-bond donors (Lipinski definition) is 2. The van der Waals surface area contributed by atoms with Crippen LogP contribution in [0.4, 0.5) is 9.18 Å². The van der Waals surface area contributed by atoms with E-state index in [4.69, 9.17) is 16.3 Å². The number of piperidine rings is 1. The molecule has 0 radical (unpaired) electrons. The summed E-state index contributed by atoms with van der Waals surface area (Å²) in [5.41, 5.74) is -1.97. The van der Waals surface area contributed by atoms with Gasteiger partial charge in [0.05, 0.1) is 23.8 Å². The monoisotopic (exact) mass is 477 g/mol. The van der Waals surface area contributed by atoms with Crippen molar-refractivity contribution in [1.82, 2.24) is 4.90 Å². The molecule has 0 saturated carbocycles. The molecule has 2 aromatic rings. The number of nitrogens with zero attached hydrogens (tertiary/aromatic N) is 1. The minimum absolute atomic E-state index is 0.142. The van der Waals surface area contributed by atoms with Gasteiger partial charge in [0, 0.05) is 23.7 Å². The molecule has 1 saturated heterocycles. The zero-order chi connectivity index (χ0) is 24.3. The zero-order valence-electron chi connectivity index (χ0n) is 18.3. The lowest BCUT2D eigenvalue weighted by molar-refractivity contribution is -0.0500. The Morgan fingerprint density at radius 3 is 2.30 bits per heavy atom. The summed E-state index contributed by atoms with van der Waals surface area (Å²) in [6.07, 6.45) is -0.0818. The average molecular weight is 478 g/mol. The topological polar surface area (TPSA) is 104 Å². The summed E-state index contributed by atoms with van der Waals surface area (Å²) in [4.78, 5) is 38.0. The van der Waals surface area contributed by atoms with Crippen LogP contribution in [0.2, 0.25) is 5.02 Å². The van der Waals surface area contributed by atoms with Gasteiger partial charge in [-0.3, -0.25) is 4.79 Å². The van der Waals surface area contributed by atoms with Crippen LogP contribution in [0.25, 0.3) is 0 Å². The highest BCUT2D eigenvalue weighted by atomic mass is 35.5. The Labute approximate surface area is 195 Å². The van der Waals surface area contributed by atoms with Crippen LogP contribution in [0, 0.1) is 11.7 Å². The molecule has 1 amide bonds. The Hall–Kier alpha value is -2.97. The lowest BCUT2D eigenvalue weighted by Gasteiger charge is -2.41. The molecule has 3 rings (SSSR count). The number of benzene rings is 2. The minimum atomic E-state index is -1.52. The zero-order valence-corrected chi connectivity index (χ0v) is 19.1. The van der Waals surface area contributed by atoms with Gasteiger partial charge in [-0.1, -0.05) is 18.5 Å². The van der Waals surface area contributed by atoms with Crippen molar-refractivity contribution in [2.45, 2.75) is 31.8 Å². The predicted octanol–water partition coefficient (Wildman–Crippen LogP) is 4.48. The number of carboxylic acid groups (broad SMARTS) is 1. The number of aliphatic hydroxyl groups is 1. The highest BCUT2D eigenvalue weighted by Crippen LogP contribution is 2.40. The van der Waals surface area contributed by atoms with Crippen molar-refractivity contribution in [1.29, 1.82) is 0 Å². The molecule has 2 N–H and O–H groups in total. The largest absolute Gasteiger partial charge is 0.465 e. The van der Waals surface area contributed by atoms with E-state index in [0.717, 1.165) is 13.2 Å². The molecule has 33 heavy (non-hydrogen) atoms. The number of hydrogen-bond acceptors (Lipinski definition) is 5. The molecule has 1 aliphatic rings. The third-order valence-electron chi connectivity index (χ3n) is 6.31. The quantitative estimate of drug-likeness (QED) is 0.469. The molecule has 0 bridgehead atoms. The van der Waals surface area contributed by atoms with Crippen LogP contribution in [0.15, 0.2) is 36.4 Å². The number of esters is 1. The number of methoxy groups -OCH3 is 1. The summed E-state index contributed by atoms with van der Waals surface area (Å²) in [7, 11) is 1.12. The second-order valence-corrected chi connectivity index (χ2v) is 8.47. The first-order valence-electron chi connectivity index (χ1n) is 10.5. The highest BCUT2D eigenvalue weighted by molar-refractivity contribution is 6.30. The van der Waals surface area contributed by atoms with Crippen molar-refractivity contribution in [2.24, 2.45) is 5.92 Å². The average Bonchev–Trinajstić information content (AvgIpc) is 2.82. The first kappa shape index (κ1) is 24.7. The minimum Gasteiger partial charge on any atom is -0.465 e. The van der Waals surface area contributed by atoms with Crippen molar-refractivity contribution >= 4 is 29.4 Å². The van der Waals surface area contributed by atoms with Gasteiger partial charge in [0.2, 0.25) is 0 Å². The Kier molecular flexibility index (Phi) is 7.39. The van der Waals surface area contributed by atoms with Crippen LogP contribution in [-0.4, -0.2) is 53.2 Å². The second-order valence-electron chi connectivity index (χ2n) is 8.03. The smallest absolute Gasteiger partial charge is 0.407 e. The summed E-state index contributed by atoms with van der Waals surface area (Å²) in [5.74, 6) is -2.94. The van der Waals surface area contributed by atoms with Gasteiger partial charge in [0.15, 0.2) is 5.78 Å². The summed E-state index contributed by atoms with van der Waals surface area (Å²) in [6.45, 7) is 2.20. The molecule has 176 valence electrons. The molecular formula is C24H25ClFNO6. The van der Waals surface area contributed by atoms with Crippen molar-refractivity contribution in [2.75, 3.05) is 20.2 Å². The van der Waals surface area contributed by atoms with Gasteiger partial charge < -0.3 is 19.8 Å². The number of amides is 1. The number of halogens is 2. The SMILES string of the molecule is CC[C@@](O)(c1cc(F)c(C(=O)c2ccc(Cl)cc2)c(C(=O)OC)c1)C1CCN(C(=O)O)CC1. The fraction of sp³-hybridized carbons (Fsp3) is 0.375. The summed E-state index contributed by atoms with van der Waals surface area (Å²) >= 11 is 5.86. The maximum atomic E-state index is 15.4. The van der Waals surface area contributed by atoms with Gasteiger partial charge in [-0.2, -0.15) is 0 Å². The van der Waals surface area contributed by atoms with Crippen LogP contribution in [0.1, 0.15) is 58.0 Å². The fourth-order valence-electron chi connectivity index (χ4n) is 4.38. The molecule has 1 heterocycles. The van der Waals surface area contributed by atoms with E-state index in [2.05, 4.69) is 0 Å². The van der Waals surface area contributed by atoms with Crippen molar-refractivity contribution in [3.63, 3.8) is 0 Å². The molecule has 0 unspecified atom stereocenters. The van der Waals surface area contributed by atoms with Crippen LogP contribution in [-0.2, 0) is 10.3 Å². The molecule has 1 fully saturated rings. The summed E-state index contributed by atoms with van der Waals surface area (Å²) in [5, 5.41) is 21.1. The Balaban J connectivity index is 2.05. The van der Waals surface area contributed by atoms with Gasteiger partial charge in [-0.25, -0.2) is 14.0 Å². The number of ether oxygens (including phenoxy) is 1. The molecule has 2 aromatic carbocycles. The number of rotatable bonds is 6. The maximum absolute atomic E-state index is 15.4. The first-order valence-corrected chi connectivity index (χ1v) is 10.9. The molecule has 1 aliphatic heterocycles. The molecule has 0 spiro atoms. The van der Waals surface area contributed by atoms with E-state index in [0.29, 0.717) is 17.9 Å².